The number of benzene rings is 1. The zero-order valence-corrected chi connectivity index (χ0v) is 15.9. The van der Waals surface area contributed by atoms with Crippen molar-refractivity contribution in [2.45, 2.75) is 25.8 Å². The first-order valence-corrected chi connectivity index (χ1v) is 9.72. The van der Waals surface area contributed by atoms with E-state index in [1.54, 1.807) is 0 Å². The van der Waals surface area contributed by atoms with Gasteiger partial charge in [-0.3, -0.25) is 4.90 Å². The summed E-state index contributed by atoms with van der Waals surface area (Å²) < 4.78 is 7.94. The van der Waals surface area contributed by atoms with Crippen molar-refractivity contribution < 1.29 is 4.74 Å². The molecule has 0 saturated carbocycles. The van der Waals surface area contributed by atoms with Gasteiger partial charge in [-0.15, -0.1) is 0 Å². The Morgan fingerprint density at radius 2 is 1.93 bits per heavy atom. The van der Waals surface area contributed by atoms with Gasteiger partial charge in [-0.25, -0.2) is 9.50 Å². The van der Waals surface area contributed by atoms with Crippen molar-refractivity contribution in [2.24, 2.45) is 0 Å². The monoisotopic (exact) mass is 363 g/mol. The van der Waals surface area contributed by atoms with Crippen molar-refractivity contribution in [3.63, 3.8) is 0 Å². The molecular formula is C21H25N5O. The summed E-state index contributed by atoms with van der Waals surface area (Å²) in [6, 6.07) is 8.89. The lowest BCUT2D eigenvalue weighted by atomic mass is 10.0. The molecule has 0 radical (unpaired) electrons. The van der Waals surface area contributed by atoms with Gasteiger partial charge in [-0.1, -0.05) is 6.07 Å². The summed E-state index contributed by atoms with van der Waals surface area (Å²) in [7, 11) is 2.17. The van der Waals surface area contributed by atoms with Gasteiger partial charge in [0, 0.05) is 44.5 Å². The summed E-state index contributed by atoms with van der Waals surface area (Å²) in [5.41, 5.74) is 4.28. The smallest absolute Gasteiger partial charge is 0.165 e. The van der Waals surface area contributed by atoms with Gasteiger partial charge in [0.15, 0.2) is 5.65 Å². The molecule has 0 spiro atoms. The second-order valence-corrected chi connectivity index (χ2v) is 7.62. The van der Waals surface area contributed by atoms with E-state index in [4.69, 9.17) is 9.72 Å². The van der Waals surface area contributed by atoms with Gasteiger partial charge >= 0.3 is 0 Å². The number of aryl methyl sites for hydroxylation is 1. The minimum atomic E-state index is 0.524. The van der Waals surface area contributed by atoms with Crippen LogP contribution in [0.15, 0.2) is 36.7 Å². The molecule has 6 rings (SSSR count). The van der Waals surface area contributed by atoms with Crippen LogP contribution < -0.4 is 9.64 Å². The fraction of sp³-hybridized carbons (Fsp3) is 0.429. The summed E-state index contributed by atoms with van der Waals surface area (Å²) >= 11 is 0. The van der Waals surface area contributed by atoms with Crippen LogP contribution in [0, 0.1) is 6.92 Å². The lowest BCUT2D eigenvalue weighted by molar-refractivity contribution is 0.172. The molecular weight excluding hydrogens is 338 g/mol. The molecule has 0 amide bonds. The summed E-state index contributed by atoms with van der Waals surface area (Å²) in [5.74, 6) is 1.93. The van der Waals surface area contributed by atoms with E-state index in [1.807, 2.05) is 16.9 Å². The summed E-state index contributed by atoms with van der Waals surface area (Å²) in [6.45, 7) is 6.04. The van der Waals surface area contributed by atoms with Crippen LogP contribution in [0.5, 0.6) is 5.75 Å². The Morgan fingerprint density at radius 1 is 1.07 bits per heavy atom. The number of piperidine rings is 1. The third kappa shape index (κ3) is 2.94. The van der Waals surface area contributed by atoms with Crippen LogP contribution in [-0.4, -0.2) is 58.8 Å². The lowest BCUT2D eigenvalue weighted by Gasteiger charge is -2.37. The average Bonchev–Trinajstić information content (AvgIpc) is 3.11. The number of aromatic nitrogens is 3. The number of anilines is 1. The number of hydrogen-bond acceptors (Lipinski definition) is 5. The lowest BCUT2D eigenvalue weighted by Crippen LogP contribution is -2.44. The maximum Gasteiger partial charge on any atom is 0.165 e. The minimum Gasteiger partial charge on any atom is -0.492 e. The van der Waals surface area contributed by atoms with E-state index in [0.29, 0.717) is 6.04 Å². The highest BCUT2D eigenvalue weighted by molar-refractivity contribution is 5.80. The zero-order valence-electron chi connectivity index (χ0n) is 15.9. The summed E-state index contributed by atoms with van der Waals surface area (Å²) in [5, 5.41) is 4.52. The first-order chi connectivity index (χ1) is 13.2. The van der Waals surface area contributed by atoms with Crippen molar-refractivity contribution in [3.05, 3.63) is 42.2 Å². The molecule has 0 N–H and O–H groups in total. The highest BCUT2D eigenvalue weighted by Gasteiger charge is 2.24. The van der Waals surface area contributed by atoms with Gasteiger partial charge in [0.1, 0.15) is 18.2 Å². The minimum absolute atomic E-state index is 0.524. The predicted octanol–water partition coefficient (Wildman–Crippen LogP) is 3.00. The molecule has 27 heavy (non-hydrogen) atoms. The maximum atomic E-state index is 6.08. The molecule has 0 unspecified atom stereocenters. The maximum absolute atomic E-state index is 6.08. The molecule has 0 aliphatic carbocycles. The quantitative estimate of drug-likeness (QED) is 0.614. The van der Waals surface area contributed by atoms with Gasteiger partial charge in [0.25, 0.3) is 0 Å². The van der Waals surface area contributed by atoms with Crippen LogP contribution in [0.25, 0.3) is 16.8 Å². The molecule has 3 aliphatic heterocycles. The average molecular weight is 363 g/mol. The second-order valence-electron chi connectivity index (χ2n) is 7.62. The fourth-order valence-corrected chi connectivity index (χ4v) is 4.24. The predicted molar refractivity (Wildman–Crippen MR) is 107 cm³/mol. The number of nitrogens with zero attached hydrogens (tertiary/aromatic N) is 5. The van der Waals surface area contributed by atoms with E-state index in [9.17, 15) is 0 Å². The van der Waals surface area contributed by atoms with Crippen LogP contribution in [0.3, 0.4) is 0 Å². The number of fused-ring (bicyclic) bond motifs is 4. The van der Waals surface area contributed by atoms with E-state index in [2.05, 4.69) is 53.1 Å². The molecule has 5 heterocycles. The Kier molecular flexibility index (Phi) is 4.01. The van der Waals surface area contributed by atoms with Crippen LogP contribution in [-0.2, 0) is 0 Å². The van der Waals surface area contributed by atoms with E-state index < -0.39 is 0 Å². The first-order valence-electron chi connectivity index (χ1n) is 9.72. The van der Waals surface area contributed by atoms with Crippen molar-refractivity contribution >= 4 is 11.5 Å². The highest BCUT2D eigenvalue weighted by Crippen LogP contribution is 2.31. The van der Waals surface area contributed by atoms with Crippen molar-refractivity contribution in [2.75, 3.05) is 38.2 Å². The summed E-state index contributed by atoms with van der Waals surface area (Å²) in [6.07, 6.45) is 6.23. The Labute approximate surface area is 159 Å². The number of ether oxygens (including phenoxy) is 1. The standard InChI is InChI=1S/C21H25N5O/c1-15-3-4-17-13-18(15)19-14-22-26-10-7-20(23-21(19)26)24(2)16-5-8-25(9-6-16)11-12-27-17/h3-4,7,10,13-14,16H,5-6,8-9,11-12H2,1-2H3. The molecule has 6 nitrogen and oxygen atoms in total. The molecule has 6 bridgehead atoms. The Morgan fingerprint density at radius 3 is 2.78 bits per heavy atom. The SMILES string of the molecule is Cc1ccc2cc1-c1cnn3ccc(nc13)N(C)C1CCN(CCO2)CC1. The molecule has 3 aromatic rings. The Bertz CT molecular complexity index is 974. The molecule has 1 fully saturated rings. The second kappa shape index (κ2) is 6.53. The van der Waals surface area contributed by atoms with Crippen molar-refractivity contribution in [1.82, 2.24) is 19.5 Å². The van der Waals surface area contributed by atoms with E-state index in [0.717, 1.165) is 67.4 Å². The zero-order chi connectivity index (χ0) is 18.4. The first kappa shape index (κ1) is 16.6. The largest absolute Gasteiger partial charge is 0.492 e. The molecule has 3 aliphatic rings. The van der Waals surface area contributed by atoms with Gasteiger partial charge in [-0.05, 0) is 49.1 Å². The Balaban J connectivity index is 1.66. The van der Waals surface area contributed by atoms with Crippen molar-refractivity contribution in [3.8, 4) is 16.9 Å². The van der Waals surface area contributed by atoms with E-state index >= 15 is 0 Å². The van der Waals surface area contributed by atoms with Gasteiger partial charge < -0.3 is 9.64 Å². The molecule has 1 aromatic carbocycles. The molecule has 0 atom stereocenters. The van der Waals surface area contributed by atoms with Crippen molar-refractivity contribution in [1.29, 1.82) is 0 Å². The van der Waals surface area contributed by atoms with Crippen LogP contribution >= 0.6 is 0 Å². The van der Waals surface area contributed by atoms with Gasteiger partial charge in [0.05, 0.1) is 6.20 Å². The summed E-state index contributed by atoms with van der Waals surface area (Å²) in [4.78, 5) is 9.83. The van der Waals surface area contributed by atoms with Crippen LogP contribution in [0.2, 0.25) is 0 Å². The van der Waals surface area contributed by atoms with Gasteiger partial charge in [0.2, 0.25) is 0 Å². The van der Waals surface area contributed by atoms with Crippen LogP contribution in [0.4, 0.5) is 5.82 Å². The number of rotatable bonds is 0. The fourth-order valence-electron chi connectivity index (χ4n) is 4.24. The Hall–Kier alpha value is -2.60. The van der Waals surface area contributed by atoms with E-state index in [-0.39, 0.29) is 0 Å². The highest BCUT2D eigenvalue weighted by atomic mass is 16.5. The van der Waals surface area contributed by atoms with Crippen LogP contribution in [0.1, 0.15) is 18.4 Å². The third-order valence-corrected chi connectivity index (χ3v) is 6.00. The topological polar surface area (TPSA) is 45.9 Å². The number of hydrogen-bond donors (Lipinski definition) is 0. The third-order valence-electron chi connectivity index (χ3n) is 6.00. The molecule has 1 saturated heterocycles. The normalized spacial score (nSPS) is 22.5. The molecule has 6 heteroatoms. The van der Waals surface area contributed by atoms with Gasteiger partial charge in [-0.2, -0.15) is 5.10 Å². The van der Waals surface area contributed by atoms with E-state index in [1.165, 1.54) is 5.56 Å². The molecule has 140 valence electrons. The molecule has 2 aromatic heterocycles.